The van der Waals surface area contributed by atoms with E-state index in [1.165, 1.54) is 0 Å². The lowest BCUT2D eigenvalue weighted by atomic mass is 9.97. The van der Waals surface area contributed by atoms with Crippen molar-refractivity contribution in [2.75, 3.05) is 0 Å². The minimum Gasteiger partial charge on any atom is -0.478 e. The molecule has 3 N–H and O–H groups in total. The number of carboxylic acid groups (broad SMARTS) is 1. The Hall–Kier alpha value is -1.35. The summed E-state index contributed by atoms with van der Waals surface area (Å²) in [6.07, 6.45) is 0.872. The molecule has 0 unspecified atom stereocenters. The fourth-order valence-corrected chi connectivity index (χ4v) is 1.47. The molecule has 3 nitrogen and oxygen atoms in total. The number of hydrogen-bond donors (Lipinski definition) is 2. The van der Waals surface area contributed by atoms with E-state index in [1.54, 1.807) is 12.1 Å². The van der Waals surface area contributed by atoms with Gasteiger partial charge in [0.2, 0.25) is 0 Å². The predicted molar refractivity (Wildman–Crippen MR) is 55.4 cm³/mol. The molecule has 1 aromatic rings. The van der Waals surface area contributed by atoms with E-state index in [2.05, 4.69) is 0 Å². The van der Waals surface area contributed by atoms with Crippen LogP contribution in [0.3, 0.4) is 0 Å². The summed E-state index contributed by atoms with van der Waals surface area (Å²) in [4.78, 5) is 10.7. The third kappa shape index (κ3) is 2.12. The molecule has 0 aliphatic carbocycles. The first kappa shape index (κ1) is 10.7. The highest BCUT2D eigenvalue weighted by molar-refractivity contribution is 5.87. The van der Waals surface area contributed by atoms with Crippen molar-refractivity contribution < 1.29 is 9.90 Å². The van der Waals surface area contributed by atoms with E-state index in [0.29, 0.717) is 5.56 Å². The molecule has 0 saturated carbocycles. The molecular weight excluding hydrogens is 178 g/mol. The van der Waals surface area contributed by atoms with Gasteiger partial charge in [0.05, 0.1) is 5.56 Å². The van der Waals surface area contributed by atoms with Crippen molar-refractivity contribution in [3.63, 3.8) is 0 Å². The Kier molecular flexibility index (Phi) is 3.25. The van der Waals surface area contributed by atoms with Crippen LogP contribution in [0.1, 0.15) is 41.4 Å². The van der Waals surface area contributed by atoms with E-state index in [9.17, 15) is 4.79 Å². The SMILES string of the molecule is CCc1ccc(C(=O)O)cc1[C@H](C)N. The fraction of sp³-hybridized carbons (Fsp3) is 0.364. The highest BCUT2D eigenvalue weighted by Gasteiger charge is 2.09. The number of rotatable bonds is 3. The van der Waals surface area contributed by atoms with Gasteiger partial charge in [0, 0.05) is 6.04 Å². The summed E-state index contributed by atoms with van der Waals surface area (Å²) in [6.45, 7) is 3.89. The standard InChI is InChI=1S/C11H15NO2/c1-3-8-4-5-9(11(13)14)6-10(8)7(2)12/h4-7H,3,12H2,1-2H3,(H,13,14)/t7-/m0/s1. The number of benzene rings is 1. The molecule has 3 heteroatoms. The Bertz CT molecular complexity index is 345. The van der Waals surface area contributed by atoms with Crippen LogP contribution in [0.25, 0.3) is 0 Å². The molecule has 0 aromatic heterocycles. The van der Waals surface area contributed by atoms with Crippen molar-refractivity contribution in [2.24, 2.45) is 5.73 Å². The van der Waals surface area contributed by atoms with Gasteiger partial charge in [0.25, 0.3) is 0 Å². The van der Waals surface area contributed by atoms with Crippen LogP contribution < -0.4 is 5.73 Å². The van der Waals surface area contributed by atoms with Crippen LogP contribution in [0.2, 0.25) is 0 Å². The molecule has 76 valence electrons. The topological polar surface area (TPSA) is 63.3 Å². The van der Waals surface area contributed by atoms with Gasteiger partial charge in [-0.2, -0.15) is 0 Å². The van der Waals surface area contributed by atoms with Crippen LogP contribution in [0, 0.1) is 0 Å². The number of hydrogen-bond acceptors (Lipinski definition) is 2. The number of carboxylic acids is 1. The molecule has 0 radical (unpaired) electrons. The Morgan fingerprint density at radius 3 is 2.64 bits per heavy atom. The third-order valence-electron chi connectivity index (χ3n) is 2.26. The molecule has 0 amide bonds. The first-order chi connectivity index (χ1) is 6.56. The van der Waals surface area contributed by atoms with E-state index in [1.807, 2.05) is 19.9 Å². The Labute approximate surface area is 83.6 Å². The Morgan fingerprint density at radius 2 is 2.21 bits per heavy atom. The van der Waals surface area contributed by atoms with E-state index in [4.69, 9.17) is 10.8 Å². The van der Waals surface area contributed by atoms with Crippen LogP contribution in [0.4, 0.5) is 0 Å². The highest BCUT2D eigenvalue weighted by atomic mass is 16.4. The molecule has 0 aliphatic heterocycles. The Balaban J connectivity index is 3.20. The van der Waals surface area contributed by atoms with Crippen molar-refractivity contribution in [3.05, 3.63) is 34.9 Å². The first-order valence-electron chi connectivity index (χ1n) is 4.68. The van der Waals surface area contributed by atoms with Gasteiger partial charge >= 0.3 is 5.97 Å². The summed E-state index contributed by atoms with van der Waals surface area (Å²) < 4.78 is 0. The van der Waals surface area contributed by atoms with Gasteiger partial charge < -0.3 is 10.8 Å². The molecule has 1 rings (SSSR count). The molecule has 14 heavy (non-hydrogen) atoms. The van der Waals surface area contributed by atoms with Gasteiger partial charge in [-0.1, -0.05) is 13.0 Å². The summed E-state index contributed by atoms with van der Waals surface area (Å²) in [6, 6.07) is 4.99. The zero-order valence-electron chi connectivity index (χ0n) is 8.45. The Morgan fingerprint density at radius 1 is 1.57 bits per heavy atom. The van der Waals surface area contributed by atoms with Crippen LogP contribution in [0.5, 0.6) is 0 Å². The molecule has 0 heterocycles. The smallest absolute Gasteiger partial charge is 0.335 e. The molecule has 0 aliphatic rings. The second-order valence-electron chi connectivity index (χ2n) is 3.36. The monoisotopic (exact) mass is 193 g/mol. The molecule has 0 fully saturated rings. The molecule has 1 atom stereocenters. The normalized spacial score (nSPS) is 12.5. The molecular formula is C11H15NO2. The number of aromatic carboxylic acids is 1. The third-order valence-corrected chi connectivity index (χ3v) is 2.26. The lowest BCUT2D eigenvalue weighted by Crippen LogP contribution is -2.10. The number of carbonyl (C=O) groups is 1. The molecule has 1 aromatic carbocycles. The zero-order valence-corrected chi connectivity index (χ0v) is 8.45. The van der Waals surface area contributed by atoms with Gasteiger partial charge in [0.15, 0.2) is 0 Å². The fourth-order valence-electron chi connectivity index (χ4n) is 1.47. The lowest BCUT2D eigenvalue weighted by Gasteiger charge is -2.12. The van der Waals surface area contributed by atoms with Crippen molar-refractivity contribution in [3.8, 4) is 0 Å². The van der Waals surface area contributed by atoms with Crippen molar-refractivity contribution in [2.45, 2.75) is 26.3 Å². The summed E-state index contributed by atoms with van der Waals surface area (Å²) in [5, 5.41) is 8.81. The van der Waals surface area contributed by atoms with E-state index in [-0.39, 0.29) is 6.04 Å². The van der Waals surface area contributed by atoms with Crippen LogP contribution in [-0.4, -0.2) is 11.1 Å². The predicted octanol–water partition coefficient (Wildman–Crippen LogP) is 1.97. The molecule has 0 bridgehead atoms. The van der Waals surface area contributed by atoms with Crippen molar-refractivity contribution >= 4 is 5.97 Å². The van der Waals surface area contributed by atoms with Gasteiger partial charge in [-0.05, 0) is 36.6 Å². The summed E-state index contributed by atoms with van der Waals surface area (Å²) in [7, 11) is 0. The van der Waals surface area contributed by atoms with E-state index < -0.39 is 5.97 Å². The van der Waals surface area contributed by atoms with E-state index in [0.717, 1.165) is 17.5 Å². The van der Waals surface area contributed by atoms with Crippen LogP contribution in [-0.2, 0) is 6.42 Å². The van der Waals surface area contributed by atoms with Gasteiger partial charge in [-0.3, -0.25) is 0 Å². The molecule has 0 spiro atoms. The maximum Gasteiger partial charge on any atom is 0.335 e. The van der Waals surface area contributed by atoms with Crippen LogP contribution >= 0.6 is 0 Å². The number of aryl methyl sites for hydroxylation is 1. The largest absolute Gasteiger partial charge is 0.478 e. The maximum absolute atomic E-state index is 10.7. The summed E-state index contributed by atoms with van der Waals surface area (Å²) in [5.74, 6) is -0.908. The highest BCUT2D eigenvalue weighted by Crippen LogP contribution is 2.18. The second-order valence-corrected chi connectivity index (χ2v) is 3.36. The lowest BCUT2D eigenvalue weighted by molar-refractivity contribution is 0.0697. The summed E-state index contributed by atoms with van der Waals surface area (Å²) >= 11 is 0. The maximum atomic E-state index is 10.7. The first-order valence-corrected chi connectivity index (χ1v) is 4.68. The average Bonchev–Trinajstić information content (AvgIpc) is 2.16. The summed E-state index contributed by atoms with van der Waals surface area (Å²) in [5.41, 5.74) is 8.11. The second kappa shape index (κ2) is 4.24. The van der Waals surface area contributed by atoms with Gasteiger partial charge in [-0.15, -0.1) is 0 Å². The minimum atomic E-state index is -0.908. The van der Waals surface area contributed by atoms with Crippen LogP contribution in [0.15, 0.2) is 18.2 Å². The molecule has 0 saturated heterocycles. The van der Waals surface area contributed by atoms with Crippen molar-refractivity contribution in [1.82, 2.24) is 0 Å². The minimum absolute atomic E-state index is 0.121. The van der Waals surface area contributed by atoms with E-state index >= 15 is 0 Å². The average molecular weight is 193 g/mol. The van der Waals surface area contributed by atoms with Crippen molar-refractivity contribution in [1.29, 1.82) is 0 Å². The quantitative estimate of drug-likeness (QED) is 0.771. The van der Waals surface area contributed by atoms with Gasteiger partial charge in [-0.25, -0.2) is 4.79 Å². The number of nitrogens with two attached hydrogens (primary N) is 1. The van der Waals surface area contributed by atoms with Gasteiger partial charge in [0.1, 0.15) is 0 Å². The zero-order chi connectivity index (χ0) is 10.7.